The standard InChI is InChI=1S/C26H38N2O3/c1-17-22(18-12-9-8-10-13-18)28-24(30-17)27-16-21(29)31-23-19(25(2,3)4)14-11-15-20(23)26(5,6)7/h8-10,12-13,19-20,23H,11,14-16H2,1-7H3,(H,27,28). The zero-order valence-corrected chi connectivity index (χ0v) is 20.1. The Morgan fingerprint density at radius 1 is 1.06 bits per heavy atom. The quantitative estimate of drug-likeness (QED) is 0.554. The first-order chi connectivity index (χ1) is 14.5. The number of rotatable bonds is 5. The molecule has 0 saturated heterocycles. The largest absolute Gasteiger partial charge is 0.460 e. The van der Waals surface area contributed by atoms with E-state index in [0.717, 1.165) is 29.9 Å². The molecule has 2 atom stereocenters. The number of nitrogens with zero attached hydrogens (tertiary/aromatic N) is 1. The van der Waals surface area contributed by atoms with E-state index in [1.165, 1.54) is 6.42 Å². The van der Waals surface area contributed by atoms with Gasteiger partial charge in [-0.25, -0.2) is 0 Å². The van der Waals surface area contributed by atoms with Gasteiger partial charge in [-0.05, 0) is 30.6 Å². The molecule has 1 saturated carbocycles. The minimum absolute atomic E-state index is 0.0401. The summed E-state index contributed by atoms with van der Waals surface area (Å²) < 4.78 is 11.9. The van der Waals surface area contributed by atoms with Crippen molar-refractivity contribution in [3.63, 3.8) is 0 Å². The van der Waals surface area contributed by atoms with Crippen molar-refractivity contribution in [3.05, 3.63) is 36.1 Å². The number of aromatic nitrogens is 1. The summed E-state index contributed by atoms with van der Waals surface area (Å²) in [4.78, 5) is 17.4. The second kappa shape index (κ2) is 9.05. The highest BCUT2D eigenvalue weighted by atomic mass is 16.5. The topological polar surface area (TPSA) is 64.4 Å². The van der Waals surface area contributed by atoms with Crippen LogP contribution in [0.25, 0.3) is 11.3 Å². The third kappa shape index (κ3) is 5.69. The molecule has 1 aliphatic carbocycles. The molecule has 0 aliphatic heterocycles. The SMILES string of the molecule is Cc1oc(NCC(=O)OC2C(C(C)(C)C)CCCC2C(C)(C)C)nc1-c1ccccc1. The molecule has 5 nitrogen and oxygen atoms in total. The van der Waals surface area contributed by atoms with Gasteiger partial charge in [0.05, 0.1) is 0 Å². The Kier molecular flexibility index (Phi) is 6.82. The molecule has 2 aromatic rings. The van der Waals surface area contributed by atoms with Crippen molar-refractivity contribution < 1.29 is 13.9 Å². The second-order valence-electron chi connectivity index (χ2n) is 11.0. The van der Waals surface area contributed by atoms with Crippen LogP contribution in [-0.2, 0) is 9.53 Å². The molecule has 0 bridgehead atoms. The summed E-state index contributed by atoms with van der Waals surface area (Å²) in [7, 11) is 0. The predicted molar refractivity (Wildman–Crippen MR) is 125 cm³/mol. The molecular weight excluding hydrogens is 388 g/mol. The zero-order chi connectivity index (χ0) is 22.8. The van der Waals surface area contributed by atoms with Crippen molar-refractivity contribution >= 4 is 12.0 Å². The van der Waals surface area contributed by atoms with E-state index in [2.05, 4.69) is 51.8 Å². The maximum absolute atomic E-state index is 12.8. The van der Waals surface area contributed by atoms with Crippen molar-refractivity contribution in [1.82, 2.24) is 4.98 Å². The molecule has 0 radical (unpaired) electrons. The smallest absolute Gasteiger partial charge is 0.325 e. The van der Waals surface area contributed by atoms with Crippen LogP contribution in [0.5, 0.6) is 0 Å². The molecular formula is C26H38N2O3. The summed E-state index contributed by atoms with van der Waals surface area (Å²) in [5.41, 5.74) is 1.95. The molecule has 31 heavy (non-hydrogen) atoms. The van der Waals surface area contributed by atoms with E-state index >= 15 is 0 Å². The van der Waals surface area contributed by atoms with Crippen LogP contribution in [-0.4, -0.2) is 23.6 Å². The maximum Gasteiger partial charge on any atom is 0.325 e. The van der Waals surface area contributed by atoms with Crippen LogP contribution in [0.15, 0.2) is 34.7 Å². The first-order valence-corrected chi connectivity index (χ1v) is 11.4. The normalized spacial score (nSPS) is 22.2. The van der Waals surface area contributed by atoms with Crippen molar-refractivity contribution in [3.8, 4) is 11.3 Å². The number of nitrogens with one attached hydrogen (secondary N) is 1. The lowest BCUT2D eigenvalue weighted by Gasteiger charge is -2.48. The van der Waals surface area contributed by atoms with E-state index in [0.29, 0.717) is 17.9 Å². The fourth-order valence-corrected chi connectivity index (χ4v) is 4.86. The fraction of sp³-hybridized carbons (Fsp3) is 0.615. The summed E-state index contributed by atoms with van der Waals surface area (Å²) in [6.07, 6.45) is 3.31. The van der Waals surface area contributed by atoms with Gasteiger partial charge in [0, 0.05) is 17.4 Å². The van der Waals surface area contributed by atoms with Crippen LogP contribution in [0, 0.1) is 29.6 Å². The van der Waals surface area contributed by atoms with Crippen LogP contribution >= 0.6 is 0 Å². The monoisotopic (exact) mass is 426 g/mol. The van der Waals surface area contributed by atoms with Crippen molar-refractivity contribution in [2.45, 2.75) is 73.8 Å². The highest BCUT2D eigenvalue weighted by Gasteiger charge is 2.45. The first kappa shape index (κ1) is 23.4. The van der Waals surface area contributed by atoms with Crippen LogP contribution in [0.4, 0.5) is 6.01 Å². The molecule has 5 heteroatoms. The van der Waals surface area contributed by atoms with Gasteiger partial charge in [-0.1, -0.05) is 78.3 Å². The molecule has 0 amide bonds. The number of ether oxygens (including phenoxy) is 1. The Balaban J connectivity index is 1.68. The number of aryl methyl sites for hydroxylation is 1. The van der Waals surface area contributed by atoms with E-state index in [4.69, 9.17) is 9.15 Å². The Bertz CT molecular complexity index is 852. The molecule has 1 aliphatic rings. The van der Waals surface area contributed by atoms with Gasteiger partial charge in [-0.2, -0.15) is 4.98 Å². The Morgan fingerprint density at radius 2 is 1.65 bits per heavy atom. The minimum atomic E-state index is -0.257. The molecule has 1 aromatic heterocycles. The summed E-state index contributed by atoms with van der Waals surface area (Å²) in [5.74, 6) is 1.16. The molecule has 3 rings (SSSR count). The maximum atomic E-state index is 12.8. The van der Waals surface area contributed by atoms with E-state index in [-0.39, 0.29) is 29.4 Å². The Morgan fingerprint density at radius 3 is 2.19 bits per heavy atom. The second-order valence-corrected chi connectivity index (χ2v) is 11.0. The van der Waals surface area contributed by atoms with E-state index in [1.807, 2.05) is 37.3 Å². The lowest BCUT2D eigenvalue weighted by molar-refractivity contribution is -0.164. The third-order valence-electron chi connectivity index (χ3n) is 6.54. The number of esters is 1. The lowest BCUT2D eigenvalue weighted by Crippen LogP contribution is -2.48. The van der Waals surface area contributed by atoms with Gasteiger partial charge in [-0.15, -0.1) is 0 Å². The van der Waals surface area contributed by atoms with Crippen LogP contribution in [0.1, 0.15) is 66.6 Å². The van der Waals surface area contributed by atoms with Gasteiger partial charge in [-0.3, -0.25) is 4.79 Å². The van der Waals surface area contributed by atoms with Gasteiger partial charge in [0.1, 0.15) is 24.1 Å². The summed E-state index contributed by atoms with van der Waals surface area (Å²) >= 11 is 0. The molecule has 1 aromatic carbocycles. The van der Waals surface area contributed by atoms with E-state index in [9.17, 15) is 4.79 Å². The predicted octanol–water partition coefficient (Wildman–Crippen LogP) is 6.48. The summed E-state index contributed by atoms with van der Waals surface area (Å²) in [6, 6.07) is 10.2. The van der Waals surface area contributed by atoms with Crippen LogP contribution in [0.3, 0.4) is 0 Å². The van der Waals surface area contributed by atoms with E-state index < -0.39 is 0 Å². The number of hydrogen-bond acceptors (Lipinski definition) is 5. The van der Waals surface area contributed by atoms with E-state index in [1.54, 1.807) is 0 Å². The minimum Gasteiger partial charge on any atom is -0.460 e. The first-order valence-electron chi connectivity index (χ1n) is 11.4. The van der Waals surface area contributed by atoms with Gasteiger partial charge < -0.3 is 14.5 Å². The summed E-state index contributed by atoms with van der Waals surface area (Å²) in [5, 5.41) is 3.02. The van der Waals surface area contributed by atoms with Crippen LogP contribution < -0.4 is 5.32 Å². The zero-order valence-electron chi connectivity index (χ0n) is 20.1. The number of benzene rings is 1. The van der Waals surface area contributed by atoms with Crippen LogP contribution in [0.2, 0.25) is 0 Å². The molecule has 170 valence electrons. The van der Waals surface area contributed by atoms with Gasteiger partial charge in [0.15, 0.2) is 0 Å². The molecule has 2 unspecified atom stereocenters. The third-order valence-corrected chi connectivity index (χ3v) is 6.54. The molecule has 1 heterocycles. The van der Waals surface area contributed by atoms with Gasteiger partial charge in [0.2, 0.25) is 0 Å². The highest BCUT2D eigenvalue weighted by molar-refractivity contribution is 5.74. The highest BCUT2D eigenvalue weighted by Crippen LogP contribution is 2.47. The van der Waals surface area contributed by atoms with Gasteiger partial charge in [0.25, 0.3) is 6.01 Å². The molecule has 1 fully saturated rings. The average Bonchev–Trinajstić information content (AvgIpc) is 3.06. The summed E-state index contributed by atoms with van der Waals surface area (Å²) in [6.45, 7) is 15.4. The van der Waals surface area contributed by atoms with Crippen molar-refractivity contribution in [2.24, 2.45) is 22.7 Å². The number of hydrogen-bond donors (Lipinski definition) is 1. The van der Waals surface area contributed by atoms with Crippen molar-refractivity contribution in [1.29, 1.82) is 0 Å². The van der Waals surface area contributed by atoms with Crippen molar-refractivity contribution in [2.75, 3.05) is 11.9 Å². The number of anilines is 1. The van der Waals surface area contributed by atoms with Gasteiger partial charge >= 0.3 is 5.97 Å². The fourth-order valence-electron chi connectivity index (χ4n) is 4.86. The average molecular weight is 427 g/mol. The Labute approximate surface area is 187 Å². The lowest BCUT2D eigenvalue weighted by atomic mass is 9.61. The Hall–Kier alpha value is -2.30. The number of carbonyl (C=O) groups is 1. The number of carbonyl (C=O) groups excluding carboxylic acids is 1. The number of oxazole rings is 1. The molecule has 1 N–H and O–H groups in total. The molecule has 0 spiro atoms.